The van der Waals surface area contributed by atoms with Gasteiger partial charge in [-0.2, -0.15) is 0 Å². The van der Waals surface area contributed by atoms with Crippen LogP contribution in [0.3, 0.4) is 0 Å². The van der Waals surface area contributed by atoms with Crippen molar-refractivity contribution in [1.82, 2.24) is 0 Å². The van der Waals surface area contributed by atoms with Crippen molar-refractivity contribution in [3.63, 3.8) is 0 Å². The van der Waals surface area contributed by atoms with Crippen LogP contribution >= 0.6 is 23.2 Å². The molecular formula is C11H12Cl2O2. The zero-order valence-corrected chi connectivity index (χ0v) is 10.0. The predicted molar refractivity (Wildman–Crippen MR) is 61.1 cm³/mol. The van der Waals surface area contributed by atoms with Gasteiger partial charge in [-0.1, -0.05) is 53.5 Å². The number of alkyl halides is 2. The number of carbonyl (C=O) groups is 1. The van der Waals surface area contributed by atoms with Gasteiger partial charge in [-0.15, -0.1) is 0 Å². The van der Waals surface area contributed by atoms with Gasteiger partial charge in [0.25, 0.3) is 0 Å². The maximum Gasteiger partial charge on any atom is 0.340 e. The third-order valence-corrected chi connectivity index (χ3v) is 2.36. The van der Waals surface area contributed by atoms with E-state index in [0.717, 1.165) is 5.56 Å². The lowest BCUT2D eigenvalue weighted by Gasteiger charge is -2.25. The first-order valence-electron chi connectivity index (χ1n) is 4.50. The highest BCUT2D eigenvalue weighted by Gasteiger charge is 2.27. The molecule has 0 bridgehead atoms. The zero-order chi connectivity index (χ0) is 11.5. The van der Waals surface area contributed by atoms with E-state index in [4.69, 9.17) is 27.9 Å². The molecule has 0 N–H and O–H groups in total. The molecule has 82 valence electrons. The van der Waals surface area contributed by atoms with Crippen molar-refractivity contribution in [3.05, 3.63) is 35.9 Å². The second-order valence-electron chi connectivity index (χ2n) is 3.60. The van der Waals surface area contributed by atoms with E-state index in [9.17, 15) is 4.79 Å². The van der Waals surface area contributed by atoms with Crippen LogP contribution in [0, 0.1) is 0 Å². The molecule has 0 fully saturated rings. The second-order valence-corrected chi connectivity index (χ2v) is 4.69. The van der Waals surface area contributed by atoms with Gasteiger partial charge in [-0.25, -0.2) is 4.79 Å². The summed E-state index contributed by atoms with van der Waals surface area (Å²) in [4.78, 5) is 10.1. The molecule has 0 aliphatic heterocycles. The van der Waals surface area contributed by atoms with Crippen LogP contribution < -0.4 is 0 Å². The Morgan fingerprint density at radius 3 is 2.27 bits per heavy atom. The van der Waals surface area contributed by atoms with Crippen molar-refractivity contribution in [1.29, 1.82) is 0 Å². The van der Waals surface area contributed by atoms with Crippen LogP contribution in [-0.2, 0) is 15.1 Å². The molecule has 0 amide bonds. The summed E-state index contributed by atoms with van der Waals surface area (Å²) in [6.07, 6.45) is 0. The number of esters is 1. The van der Waals surface area contributed by atoms with E-state index in [1.807, 2.05) is 30.3 Å². The Morgan fingerprint density at radius 1 is 1.27 bits per heavy atom. The summed E-state index contributed by atoms with van der Waals surface area (Å²) in [6.45, 7) is 3.58. The summed E-state index contributed by atoms with van der Waals surface area (Å²) < 4.78 is 5.18. The quantitative estimate of drug-likeness (QED) is 0.605. The monoisotopic (exact) mass is 246 g/mol. The van der Waals surface area contributed by atoms with Crippen molar-refractivity contribution in [2.24, 2.45) is 0 Å². The standard InChI is InChI=1S/C11H12Cl2O2/c1-11(2,15-10(14)9(12)13)8-6-4-3-5-7-8/h3-7,9H,1-2H3. The average Bonchev–Trinajstić information content (AvgIpc) is 2.18. The normalized spacial score (nSPS) is 11.5. The van der Waals surface area contributed by atoms with E-state index in [-0.39, 0.29) is 0 Å². The fourth-order valence-corrected chi connectivity index (χ4v) is 1.28. The van der Waals surface area contributed by atoms with Gasteiger partial charge in [0.15, 0.2) is 0 Å². The molecule has 1 aromatic rings. The first kappa shape index (κ1) is 12.3. The number of rotatable bonds is 3. The lowest BCUT2D eigenvalue weighted by Crippen LogP contribution is -2.28. The summed E-state index contributed by atoms with van der Waals surface area (Å²) >= 11 is 10.8. The van der Waals surface area contributed by atoms with Crippen LogP contribution in [0.4, 0.5) is 0 Å². The second kappa shape index (κ2) is 4.86. The lowest BCUT2D eigenvalue weighted by molar-refractivity contribution is -0.155. The Kier molecular flexibility index (Phi) is 4.00. The molecule has 0 aliphatic carbocycles. The number of hydrogen-bond donors (Lipinski definition) is 0. The van der Waals surface area contributed by atoms with Crippen molar-refractivity contribution >= 4 is 29.2 Å². The average molecular weight is 247 g/mol. The highest BCUT2D eigenvalue weighted by atomic mass is 35.5. The molecule has 0 saturated heterocycles. The number of ether oxygens (including phenoxy) is 1. The fourth-order valence-electron chi connectivity index (χ4n) is 1.19. The summed E-state index contributed by atoms with van der Waals surface area (Å²) in [5.74, 6) is -0.632. The summed E-state index contributed by atoms with van der Waals surface area (Å²) in [6, 6.07) is 9.41. The maximum absolute atomic E-state index is 11.2. The predicted octanol–water partition coefficient (Wildman–Crippen LogP) is 3.27. The number of carbonyl (C=O) groups excluding carboxylic acids is 1. The molecule has 1 rings (SSSR count). The lowest BCUT2D eigenvalue weighted by atomic mass is 9.98. The molecule has 1 aromatic carbocycles. The highest BCUT2D eigenvalue weighted by Crippen LogP contribution is 2.25. The van der Waals surface area contributed by atoms with Crippen molar-refractivity contribution < 1.29 is 9.53 Å². The molecule has 0 heterocycles. The van der Waals surface area contributed by atoms with Gasteiger partial charge in [-0.3, -0.25) is 0 Å². The number of halogens is 2. The molecule has 0 radical (unpaired) electrons. The van der Waals surface area contributed by atoms with Crippen molar-refractivity contribution in [2.45, 2.75) is 24.3 Å². The highest BCUT2D eigenvalue weighted by molar-refractivity contribution is 6.52. The largest absolute Gasteiger partial charge is 0.453 e. The van der Waals surface area contributed by atoms with E-state index in [2.05, 4.69) is 0 Å². The first-order chi connectivity index (χ1) is 6.93. The minimum atomic E-state index is -1.15. The van der Waals surface area contributed by atoms with Crippen LogP contribution in [0.25, 0.3) is 0 Å². The van der Waals surface area contributed by atoms with Gasteiger partial charge in [0.2, 0.25) is 4.84 Å². The van der Waals surface area contributed by atoms with Gasteiger partial charge in [0.1, 0.15) is 5.60 Å². The van der Waals surface area contributed by atoms with Gasteiger partial charge in [-0.05, 0) is 19.4 Å². The third kappa shape index (κ3) is 3.40. The molecular weight excluding hydrogens is 235 g/mol. The number of hydrogen-bond acceptors (Lipinski definition) is 2. The van der Waals surface area contributed by atoms with Crippen molar-refractivity contribution in [3.8, 4) is 0 Å². The van der Waals surface area contributed by atoms with Crippen LogP contribution in [0.5, 0.6) is 0 Å². The Labute approximate surface area is 99.1 Å². The number of benzene rings is 1. The zero-order valence-electron chi connectivity index (χ0n) is 8.54. The fraction of sp³-hybridized carbons (Fsp3) is 0.364. The molecule has 0 atom stereocenters. The Bertz CT molecular complexity index is 334. The van der Waals surface area contributed by atoms with Crippen LogP contribution in [-0.4, -0.2) is 10.8 Å². The molecule has 15 heavy (non-hydrogen) atoms. The Balaban J connectivity index is 2.80. The summed E-state index contributed by atoms with van der Waals surface area (Å²) in [5.41, 5.74) is 0.174. The maximum atomic E-state index is 11.2. The summed E-state index contributed by atoms with van der Waals surface area (Å²) in [7, 11) is 0. The van der Waals surface area contributed by atoms with E-state index < -0.39 is 16.4 Å². The molecule has 2 nitrogen and oxygen atoms in total. The third-order valence-electron chi connectivity index (χ3n) is 2.00. The molecule has 4 heteroatoms. The Hall–Kier alpha value is -0.730. The topological polar surface area (TPSA) is 26.3 Å². The van der Waals surface area contributed by atoms with Crippen LogP contribution in [0.2, 0.25) is 0 Å². The van der Waals surface area contributed by atoms with Crippen molar-refractivity contribution in [2.75, 3.05) is 0 Å². The molecule has 0 unspecified atom stereocenters. The van der Waals surface area contributed by atoms with E-state index in [0.29, 0.717) is 0 Å². The minimum Gasteiger partial charge on any atom is -0.453 e. The van der Waals surface area contributed by atoms with Gasteiger partial charge < -0.3 is 4.74 Å². The summed E-state index contributed by atoms with van der Waals surface area (Å²) in [5, 5.41) is 0. The Morgan fingerprint density at radius 2 is 1.80 bits per heavy atom. The minimum absolute atomic E-state index is 0.632. The van der Waals surface area contributed by atoms with Crippen LogP contribution in [0.15, 0.2) is 30.3 Å². The van der Waals surface area contributed by atoms with Gasteiger partial charge in [0.05, 0.1) is 0 Å². The molecule has 0 saturated carbocycles. The van der Waals surface area contributed by atoms with Crippen LogP contribution in [0.1, 0.15) is 19.4 Å². The smallest absolute Gasteiger partial charge is 0.340 e. The van der Waals surface area contributed by atoms with E-state index >= 15 is 0 Å². The molecule has 0 aliphatic rings. The van der Waals surface area contributed by atoms with Gasteiger partial charge >= 0.3 is 5.97 Å². The molecule has 0 spiro atoms. The van der Waals surface area contributed by atoms with E-state index in [1.165, 1.54) is 0 Å². The SMILES string of the molecule is CC(C)(OC(=O)C(Cl)Cl)c1ccccc1. The van der Waals surface area contributed by atoms with Gasteiger partial charge in [0, 0.05) is 0 Å². The van der Waals surface area contributed by atoms with E-state index in [1.54, 1.807) is 13.8 Å². The molecule has 0 aromatic heterocycles. The first-order valence-corrected chi connectivity index (χ1v) is 5.37.